The van der Waals surface area contributed by atoms with Crippen LogP contribution in [0.15, 0.2) is 29.0 Å². The van der Waals surface area contributed by atoms with Crippen LogP contribution >= 0.6 is 0 Å². The van der Waals surface area contributed by atoms with Gasteiger partial charge in [-0.1, -0.05) is 12.1 Å². The van der Waals surface area contributed by atoms with E-state index in [2.05, 4.69) is 34.3 Å². The van der Waals surface area contributed by atoms with Gasteiger partial charge in [0.15, 0.2) is 0 Å². The number of nitrogens with zero attached hydrogens (tertiary/aromatic N) is 3. The molecule has 2 aromatic heterocycles. The van der Waals surface area contributed by atoms with E-state index in [1.807, 2.05) is 12.1 Å². The molecule has 0 fully saturated rings. The molecule has 96 valence electrons. The quantitative estimate of drug-likeness (QED) is 0.845. The van der Waals surface area contributed by atoms with Gasteiger partial charge >= 0.3 is 0 Å². The second kappa shape index (κ2) is 6.26. The van der Waals surface area contributed by atoms with Crippen molar-refractivity contribution in [3.8, 4) is 11.4 Å². The Hall–Kier alpha value is -1.75. The van der Waals surface area contributed by atoms with Crippen molar-refractivity contribution in [2.24, 2.45) is 0 Å². The van der Waals surface area contributed by atoms with Gasteiger partial charge in [-0.2, -0.15) is 4.98 Å². The molecule has 0 spiro atoms. The fraction of sp³-hybridized carbons (Fsp3) is 0.462. The van der Waals surface area contributed by atoms with Crippen molar-refractivity contribution in [2.75, 3.05) is 6.54 Å². The number of hydrogen-bond donors (Lipinski definition) is 1. The van der Waals surface area contributed by atoms with Crippen LogP contribution in [0.5, 0.6) is 0 Å². The molecule has 1 unspecified atom stereocenters. The summed E-state index contributed by atoms with van der Waals surface area (Å²) in [5, 5.41) is 7.36. The van der Waals surface area contributed by atoms with Crippen LogP contribution in [0.25, 0.3) is 11.4 Å². The summed E-state index contributed by atoms with van der Waals surface area (Å²) in [5.41, 5.74) is 0.877. The largest absolute Gasteiger partial charge is 0.339 e. The molecular formula is C13H18N4O. The Balaban J connectivity index is 1.98. The van der Waals surface area contributed by atoms with Gasteiger partial charge in [-0.25, -0.2) is 0 Å². The molecule has 5 heteroatoms. The molecule has 0 aliphatic rings. The third-order valence-electron chi connectivity index (χ3n) is 2.61. The fourth-order valence-corrected chi connectivity index (χ4v) is 1.67. The number of nitrogens with one attached hydrogen (secondary N) is 1. The lowest BCUT2D eigenvalue weighted by Crippen LogP contribution is -2.28. The minimum absolute atomic E-state index is 0.340. The van der Waals surface area contributed by atoms with E-state index in [4.69, 9.17) is 4.52 Å². The van der Waals surface area contributed by atoms with Crippen molar-refractivity contribution >= 4 is 0 Å². The van der Waals surface area contributed by atoms with Gasteiger partial charge in [-0.3, -0.25) is 4.98 Å². The monoisotopic (exact) mass is 246 g/mol. The number of hydrogen-bond acceptors (Lipinski definition) is 5. The highest BCUT2D eigenvalue weighted by atomic mass is 16.5. The smallest absolute Gasteiger partial charge is 0.228 e. The first-order valence-corrected chi connectivity index (χ1v) is 6.26. The molecule has 1 N–H and O–H groups in total. The highest BCUT2D eigenvalue weighted by Crippen LogP contribution is 2.14. The minimum Gasteiger partial charge on any atom is -0.339 e. The van der Waals surface area contributed by atoms with Crippen LogP contribution < -0.4 is 5.32 Å². The van der Waals surface area contributed by atoms with Crippen LogP contribution in [0.1, 0.15) is 26.2 Å². The second-order valence-corrected chi connectivity index (χ2v) is 4.31. The number of pyridine rings is 1. The first kappa shape index (κ1) is 12.7. The molecule has 1 atom stereocenters. The van der Waals surface area contributed by atoms with E-state index in [9.17, 15) is 0 Å². The molecule has 2 heterocycles. The van der Waals surface area contributed by atoms with E-state index in [0.717, 1.165) is 24.9 Å². The number of rotatable bonds is 6. The van der Waals surface area contributed by atoms with Crippen LogP contribution in [-0.4, -0.2) is 27.7 Å². The average Bonchev–Trinajstić information content (AvgIpc) is 2.86. The highest BCUT2D eigenvalue weighted by molar-refractivity contribution is 5.51. The first-order valence-electron chi connectivity index (χ1n) is 6.26. The minimum atomic E-state index is 0.340. The van der Waals surface area contributed by atoms with Crippen LogP contribution in [0.2, 0.25) is 0 Å². The van der Waals surface area contributed by atoms with Gasteiger partial charge in [0.05, 0.1) is 0 Å². The zero-order valence-corrected chi connectivity index (χ0v) is 10.8. The molecule has 0 radical (unpaired) electrons. The van der Waals surface area contributed by atoms with Crippen molar-refractivity contribution in [1.82, 2.24) is 20.4 Å². The van der Waals surface area contributed by atoms with Crippen LogP contribution in [0.3, 0.4) is 0 Å². The Morgan fingerprint density at radius 2 is 2.33 bits per heavy atom. The summed E-state index contributed by atoms with van der Waals surface area (Å²) in [4.78, 5) is 8.41. The van der Waals surface area contributed by atoms with Crippen molar-refractivity contribution < 1.29 is 4.52 Å². The lowest BCUT2D eigenvalue weighted by atomic mass is 10.2. The van der Waals surface area contributed by atoms with Gasteiger partial charge in [0.2, 0.25) is 11.7 Å². The maximum absolute atomic E-state index is 5.24. The average molecular weight is 246 g/mol. The van der Waals surface area contributed by atoms with Crippen molar-refractivity contribution in [3.63, 3.8) is 0 Å². The topological polar surface area (TPSA) is 63.8 Å². The van der Waals surface area contributed by atoms with Gasteiger partial charge < -0.3 is 9.84 Å². The molecule has 0 saturated heterocycles. The maximum atomic E-state index is 5.24. The molecule has 0 aliphatic heterocycles. The Kier molecular flexibility index (Phi) is 4.41. The summed E-state index contributed by atoms with van der Waals surface area (Å²) in [6.07, 6.45) is 5.32. The van der Waals surface area contributed by atoms with Gasteiger partial charge in [0.1, 0.15) is 0 Å². The SMILES string of the molecule is CCCNC(C)Cc1nc(-c2cccnc2)no1. The Bertz CT molecular complexity index is 469. The van der Waals surface area contributed by atoms with Crippen LogP contribution in [0, 0.1) is 0 Å². The molecule has 18 heavy (non-hydrogen) atoms. The third kappa shape index (κ3) is 3.37. The summed E-state index contributed by atoms with van der Waals surface area (Å²) in [7, 11) is 0. The third-order valence-corrected chi connectivity index (χ3v) is 2.61. The van der Waals surface area contributed by atoms with Gasteiger partial charge in [0.25, 0.3) is 0 Å². The fourth-order valence-electron chi connectivity index (χ4n) is 1.67. The Morgan fingerprint density at radius 3 is 3.06 bits per heavy atom. The molecule has 5 nitrogen and oxygen atoms in total. The summed E-state index contributed by atoms with van der Waals surface area (Å²) in [5.74, 6) is 1.26. The predicted octanol–water partition coefficient (Wildman–Crippen LogP) is 2.06. The van der Waals surface area contributed by atoms with Gasteiger partial charge in [0, 0.05) is 30.4 Å². The molecular weight excluding hydrogens is 228 g/mol. The van der Waals surface area contributed by atoms with Crippen LogP contribution in [0.4, 0.5) is 0 Å². The van der Waals surface area contributed by atoms with E-state index >= 15 is 0 Å². The van der Waals surface area contributed by atoms with E-state index < -0.39 is 0 Å². The summed E-state index contributed by atoms with van der Waals surface area (Å²) >= 11 is 0. The van der Waals surface area contributed by atoms with E-state index in [1.54, 1.807) is 12.4 Å². The van der Waals surface area contributed by atoms with Gasteiger partial charge in [-0.15, -0.1) is 0 Å². The van der Waals surface area contributed by atoms with E-state index in [0.29, 0.717) is 17.8 Å². The molecule has 0 saturated carbocycles. The van der Waals surface area contributed by atoms with Crippen molar-refractivity contribution in [1.29, 1.82) is 0 Å². The standard InChI is InChI=1S/C13H18N4O/c1-3-6-15-10(2)8-12-16-13(17-18-12)11-5-4-7-14-9-11/h4-5,7,9-10,15H,3,6,8H2,1-2H3. The summed E-state index contributed by atoms with van der Waals surface area (Å²) in [6, 6.07) is 4.11. The lowest BCUT2D eigenvalue weighted by Gasteiger charge is -2.09. The van der Waals surface area contributed by atoms with Crippen LogP contribution in [-0.2, 0) is 6.42 Å². The van der Waals surface area contributed by atoms with E-state index in [-0.39, 0.29) is 0 Å². The zero-order valence-electron chi connectivity index (χ0n) is 10.8. The lowest BCUT2D eigenvalue weighted by molar-refractivity contribution is 0.362. The first-order chi connectivity index (χ1) is 8.79. The Labute approximate surface area is 107 Å². The molecule has 2 aromatic rings. The molecule has 0 aromatic carbocycles. The normalized spacial score (nSPS) is 12.6. The predicted molar refractivity (Wildman–Crippen MR) is 69.0 cm³/mol. The molecule has 2 rings (SSSR count). The number of aromatic nitrogens is 3. The van der Waals surface area contributed by atoms with Crippen molar-refractivity contribution in [3.05, 3.63) is 30.4 Å². The highest BCUT2D eigenvalue weighted by Gasteiger charge is 2.11. The van der Waals surface area contributed by atoms with E-state index in [1.165, 1.54) is 0 Å². The molecule has 0 bridgehead atoms. The van der Waals surface area contributed by atoms with Gasteiger partial charge in [-0.05, 0) is 32.0 Å². The Morgan fingerprint density at radius 1 is 1.44 bits per heavy atom. The maximum Gasteiger partial charge on any atom is 0.228 e. The van der Waals surface area contributed by atoms with Crippen molar-refractivity contribution in [2.45, 2.75) is 32.7 Å². The molecule has 0 aliphatic carbocycles. The molecule has 0 amide bonds. The summed E-state index contributed by atoms with van der Waals surface area (Å²) < 4.78 is 5.24. The zero-order chi connectivity index (χ0) is 12.8. The summed E-state index contributed by atoms with van der Waals surface area (Å²) in [6.45, 7) is 5.27. The second-order valence-electron chi connectivity index (χ2n) is 4.31.